The minimum absolute atomic E-state index is 0.194. The molecule has 1 N–H and O–H groups in total. The SMILES string of the molecule is C[CH](O)[Pt]. The van der Waals surface area contributed by atoms with Gasteiger partial charge in [0.1, 0.15) is 0 Å². The van der Waals surface area contributed by atoms with Crippen molar-refractivity contribution in [2.45, 2.75) is 11.4 Å². The average molecular weight is 240 g/mol. The topological polar surface area (TPSA) is 20.2 Å². The molecule has 1 unspecified atom stereocenters. The molecular weight excluding hydrogens is 235 g/mol. The molecule has 0 bridgehead atoms. The summed E-state index contributed by atoms with van der Waals surface area (Å²) in [5.74, 6) is 0. The van der Waals surface area contributed by atoms with Gasteiger partial charge in [-0.05, 0) is 0 Å². The van der Waals surface area contributed by atoms with E-state index in [2.05, 4.69) is 0 Å². The van der Waals surface area contributed by atoms with Crippen LogP contribution < -0.4 is 0 Å². The molecule has 0 saturated carbocycles. The first-order valence-electron chi connectivity index (χ1n) is 1.02. The number of hydrogen-bond acceptors (Lipinski definition) is 1. The van der Waals surface area contributed by atoms with Crippen LogP contribution in [0.5, 0.6) is 0 Å². The summed E-state index contributed by atoms with van der Waals surface area (Å²) in [5.41, 5.74) is 0. The van der Waals surface area contributed by atoms with Gasteiger partial charge in [-0.1, -0.05) is 0 Å². The second kappa shape index (κ2) is 1.92. The van der Waals surface area contributed by atoms with E-state index in [1.54, 1.807) is 6.92 Å². The van der Waals surface area contributed by atoms with Crippen molar-refractivity contribution in [3.8, 4) is 0 Å². The molecule has 0 aliphatic heterocycles. The molecule has 0 aromatic heterocycles. The number of hydrogen-bond donors (Lipinski definition) is 1. The van der Waals surface area contributed by atoms with Crippen LogP contribution in [0, 0.1) is 0 Å². The summed E-state index contributed by atoms with van der Waals surface area (Å²) in [4.78, 5) is 0. The third-order valence-electron chi connectivity index (χ3n) is 0. The van der Waals surface area contributed by atoms with Crippen LogP contribution in [0.4, 0.5) is 0 Å². The molecule has 0 amide bonds. The molecule has 0 radical (unpaired) electrons. The van der Waals surface area contributed by atoms with E-state index < -0.39 is 0 Å². The van der Waals surface area contributed by atoms with Gasteiger partial charge >= 0.3 is 36.3 Å². The third kappa shape index (κ3) is 17.1. The minimum atomic E-state index is -0.194. The van der Waals surface area contributed by atoms with Crippen molar-refractivity contribution < 1.29 is 24.9 Å². The van der Waals surface area contributed by atoms with Crippen LogP contribution in [-0.4, -0.2) is 9.60 Å². The van der Waals surface area contributed by atoms with E-state index in [-0.39, 0.29) is 4.49 Å². The van der Waals surface area contributed by atoms with Gasteiger partial charge in [-0.2, -0.15) is 0 Å². The molecule has 0 fully saturated rings. The van der Waals surface area contributed by atoms with E-state index in [1.165, 1.54) is 0 Å². The van der Waals surface area contributed by atoms with E-state index >= 15 is 0 Å². The number of aliphatic hydroxyl groups excluding tert-OH is 1. The molecule has 0 spiro atoms. The van der Waals surface area contributed by atoms with Gasteiger partial charge < -0.3 is 0 Å². The van der Waals surface area contributed by atoms with Gasteiger partial charge in [0.05, 0.1) is 0 Å². The Morgan fingerprint density at radius 2 is 2.00 bits per heavy atom. The van der Waals surface area contributed by atoms with E-state index in [4.69, 9.17) is 5.11 Å². The van der Waals surface area contributed by atoms with Crippen molar-refractivity contribution in [2.75, 3.05) is 0 Å². The fourth-order valence-corrected chi connectivity index (χ4v) is 0. The average Bonchev–Trinajstić information content (AvgIpc) is 0.811. The van der Waals surface area contributed by atoms with Crippen molar-refractivity contribution >= 4 is 0 Å². The molecule has 0 aliphatic rings. The normalized spacial score (nSPS) is 16.0. The third-order valence-corrected chi connectivity index (χ3v) is 0. The maximum absolute atomic E-state index is 8.04. The first kappa shape index (κ1) is 4.65. The Hall–Kier alpha value is 0.648. The van der Waals surface area contributed by atoms with Crippen LogP contribution in [0.1, 0.15) is 6.92 Å². The number of aliphatic hydroxyl groups is 1. The molecule has 0 saturated heterocycles. The summed E-state index contributed by atoms with van der Waals surface area (Å²) < 4.78 is -0.194. The van der Waals surface area contributed by atoms with E-state index in [0.717, 1.165) is 0 Å². The van der Waals surface area contributed by atoms with Crippen molar-refractivity contribution in [3.63, 3.8) is 0 Å². The van der Waals surface area contributed by atoms with Gasteiger partial charge in [0.15, 0.2) is 0 Å². The molecule has 0 aliphatic carbocycles. The monoisotopic (exact) mass is 240 g/mol. The van der Waals surface area contributed by atoms with Gasteiger partial charge in [-0.25, -0.2) is 0 Å². The molecule has 4 heavy (non-hydrogen) atoms. The fourth-order valence-electron chi connectivity index (χ4n) is 0. The van der Waals surface area contributed by atoms with Crippen LogP contribution in [0.3, 0.4) is 0 Å². The Labute approximate surface area is 36.9 Å². The van der Waals surface area contributed by atoms with Gasteiger partial charge in [0.2, 0.25) is 0 Å². The second-order valence-corrected chi connectivity index (χ2v) is 2.42. The zero-order valence-corrected chi connectivity index (χ0v) is 4.61. The molecule has 1 atom stereocenters. The molecule has 0 rings (SSSR count). The Kier molecular flexibility index (Phi) is 2.23. The van der Waals surface area contributed by atoms with Crippen LogP contribution in [0.2, 0.25) is 0 Å². The standard InChI is InChI=1S/C2H5O.Pt/c1-2-3;/h2-3H,1H3;. The summed E-state index contributed by atoms with van der Waals surface area (Å²) in [6, 6.07) is 0. The Bertz CT molecular complexity index is 10.8. The van der Waals surface area contributed by atoms with Crippen LogP contribution in [-0.2, 0) is 19.8 Å². The maximum atomic E-state index is 8.04. The summed E-state index contributed by atoms with van der Waals surface area (Å²) in [6.45, 7) is 1.71. The van der Waals surface area contributed by atoms with Crippen molar-refractivity contribution in [1.29, 1.82) is 0 Å². The van der Waals surface area contributed by atoms with E-state index in [9.17, 15) is 0 Å². The van der Waals surface area contributed by atoms with Gasteiger partial charge in [0.25, 0.3) is 0 Å². The number of rotatable bonds is 0. The second-order valence-electron chi connectivity index (χ2n) is 0.522. The Balaban J connectivity index is 2.32. The zero-order valence-electron chi connectivity index (χ0n) is 2.34. The van der Waals surface area contributed by atoms with Crippen molar-refractivity contribution in [2.24, 2.45) is 0 Å². The molecule has 29 valence electrons. The van der Waals surface area contributed by atoms with Crippen molar-refractivity contribution in [1.82, 2.24) is 0 Å². The predicted octanol–water partition coefficient (Wildman–Crippen LogP) is -0.129. The first-order chi connectivity index (χ1) is 1.73. The first-order valence-corrected chi connectivity index (χ1v) is 2.33. The Morgan fingerprint density at radius 1 is 2.00 bits per heavy atom. The summed E-state index contributed by atoms with van der Waals surface area (Å²) in [6.07, 6.45) is 0. The van der Waals surface area contributed by atoms with Gasteiger partial charge in [-0.3, -0.25) is 0 Å². The molecule has 0 aromatic carbocycles. The molecule has 2 heteroatoms. The summed E-state index contributed by atoms with van der Waals surface area (Å²) >= 11 is 1.89. The van der Waals surface area contributed by atoms with Gasteiger partial charge in [-0.15, -0.1) is 0 Å². The predicted molar refractivity (Wildman–Crippen MR) is 11.7 cm³/mol. The Morgan fingerprint density at radius 3 is 2.00 bits per heavy atom. The molecule has 0 heterocycles. The van der Waals surface area contributed by atoms with Crippen LogP contribution >= 0.6 is 0 Å². The molecule has 0 aromatic rings. The fraction of sp³-hybridized carbons (Fsp3) is 1.00. The summed E-state index contributed by atoms with van der Waals surface area (Å²) in [7, 11) is 0. The zero-order chi connectivity index (χ0) is 3.58. The van der Waals surface area contributed by atoms with Gasteiger partial charge in [0, 0.05) is 0 Å². The van der Waals surface area contributed by atoms with Crippen LogP contribution in [0.25, 0.3) is 0 Å². The van der Waals surface area contributed by atoms with E-state index in [0.29, 0.717) is 0 Å². The quantitative estimate of drug-likeness (QED) is 0.625. The van der Waals surface area contributed by atoms with E-state index in [1.807, 2.05) is 19.8 Å². The molecule has 1 nitrogen and oxygen atoms in total. The van der Waals surface area contributed by atoms with Crippen LogP contribution in [0.15, 0.2) is 0 Å². The summed E-state index contributed by atoms with van der Waals surface area (Å²) in [5, 5.41) is 8.04. The molecular formula is C2H5OPt. The van der Waals surface area contributed by atoms with Crippen molar-refractivity contribution in [3.05, 3.63) is 0 Å².